The van der Waals surface area contributed by atoms with Gasteiger partial charge in [0.2, 0.25) is 0 Å². The minimum Gasteiger partial charge on any atom is -0.261 e. The lowest BCUT2D eigenvalue weighted by Gasteiger charge is -2.17. The van der Waals surface area contributed by atoms with Crippen molar-refractivity contribution in [3.8, 4) is 11.3 Å². The van der Waals surface area contributed by atoms with Crippen molar-refractivity contribution in [1.29, 1.82) is 0 Å². The second kappa shape index (κ2) is 4.00. The van der Waals surface area contributed by atoms with E-state index in [2.05, 4.69) is 35.7 Å². The van der Waals surface area contributed by atoms with Crippen LogP contribution in [0.25, 0.3) is 11.3 Å². The molecule has 0 aliphatic rings. The van der Waals surface area contributed by atoms with E-state index in [1.165, 1.54) is 0 Å². The third kappa shape index (κ3) is 2.24. The number of hydrogen-bond donors (Lipinski definition) is 0. The van der Waals surface area contributed by atoms with Gasteiger partial charge in [-0.15, -0.1) is 0 Å². The molecule has 0 bridgehead atoms. The summed E-state index contributed by atoms with van der Waals surface area (Å²) < 4.78 is 0. The molecule has 0 unspecified atom stereocenters. The van der Waals surface area contributed by atoms with Crippen LogP contribution in [0, 0.1) is 0 Å². The number of rotatable bonds is 1. The van der Waals surface area contributed by atoms with Crippen LogP contribution in [-0.2, 0) is 5.41 Å². The molecule has 2 aromatic heterocycles. The lowest BCUT2D eigenvalue weighted by atomic mass is 9.91. The first-order valence-electron chi connectivity index (χ1n) is 5.30. The van der Waals surface area contributed by atoms with Gasteiger partial charge in [0.25, 0.3) is 0 Å². The fourth-order valence-corrected chi connectivity index (χ4v) is 1.44. The quantitative estimate of drug-likeness (QED) is 0.731. The molecule has 3 nitrogen and oxygen atoms in total. The largest absolute Gasteiger partial charge is 0.261 e. The van der Waals surface area contributed by atoms with Gasteiger partial charge in [-0.25, -0.2) is 0 Å². The molecule has 16 heavy (non-hydrogen) atoms. The summed E-state index contributed by atoms with van der Waals surface area (Å²) in [6, 6.07) is 4.08. The third-order valence-corrected chi connectivity index (χ3v) is 2.39. The van der Waals surface area contributed by atoms with Crippen LogP contribution < -0.4 is 0 Å². The van der Waals surface area contributed by atoms with Crippen molar-refractivity contribution in [2.45, 2.75) is 26.2 Å². The lowest BCUT2D eigenvalue weighted by Crippen LogP contribution is -2.12. The van der Waals surface area contributed by atoms with E-state index in [1.807, 2.05) is 18.3 Å². The van der Waals surface area contributed by atoms with Gasteiger partial charge < -0.3 is 0 Å². The molecule has 2 heterocycles. The van der Waals surface area contributed by atoms with Crippen LogP contribution in [0.4, 0.5) is 0 Å². The SMILES string of the molecule is CC(C)(C)c1ccc(-c2cnccn2)cn1. The van der Waals surface area contributed by atoms with E-state index in [0.29, 0.717) is 0 Å². The normalized spacial score (nSPS) is 11.4. The van der Waals surface area contributed by atoms with Crippen LogP contribution in [0.3, 0.4) is 0 Å². The number of pyridine rings is 1. The summed E-state index contributed by atoms with van der Waals surface area (Å²) in [6.07, 6.45) is 6.95. The Morgan fingerprint density at radius 2 is 1.75 bits per heavy atom. The monoisotopic (exact) mass is 213 g/mol. The predicted molar refractivity (Wildman–Crippen MR) is 64.0 cm³/mol. The zero-order valence-electron chi connectivity index (χ0n) is 9.81. The van der Waals surface area contributed by atoms with Crippen LogP contribution in [0.15, 0.2) is 36.9 Å². The Morgan fingerprint density at radius 3 is 2.25 bits per heavy atom. The lowest BCUT2D eigenvalue weighted by molar-refractivity contribution is 0.569. The molecular formula is C13H15N3. The van der Waals surface area contributed by atoms with E-state index in [1.54, 1.807) is 18.6 Å². The van der Waals surface area contributed by atoms with Gasteiger partial charge in [-0.3, -0.25) is 15.0 Å². The zero-order chi connectivity index (χ0) is 11.6. The van der Waals surface area contributed by atoms with Crippen molar-refractivity contribution in [3.05, 3.63) is 42.6 Å². The number of aromatic nitrogens is 3. The van der Waals surface area contributed by atoms with Crippen LogP contribution in [0.5, 0.6) is 0 Å². The summed E-state index contributed by atoms with van der Waals surface area (Å²) in [4.78, 5) is 12.7. The van der Waals surface area contributed by atoms with Crippen molar-refractivity contribution >= 4 is 0 Å². The van der Waals surface area contributed by atoms with Crippen molar-refractivity contribution in [1.82, 2.24) is 15.0 Å². The molecule has 0 radical (unpaired) electrons. The highest BCUT2D eigenvalue weighted by molar-refractivity contribution is 5.56. The fraction of sp³-hybridized carbons (Fsp3) is 0.308. The van der Waals surface area contributed by atoms with Crippen molar-refractivity contribution < 1.29 is 0 Å². The summed E-state index contributed by atoms with van der Waals surface area (Å²) in [5, 5.41) is 0. The minimum atomic E-state index is 0.0842. The van der Waals surface area contributed by atoms with Gasteiger partial charge in [0, 0.05) is 35.3 Å². The fourth-order valence-electron chi connectivity index (χ4n) is 1.44. The number of hydrogen-bond acceptors (Lipinski definition) is 3. The van der Waals surface area contributed by atoms with Gasteiger partial charge in [-0.2, -0.15) is 0 Å². The molecule has 2 rings (SSSR count). The molecule has 0 aliphatic carbocycles. The molecule has 2 aromatic rings. The summed E-state index contributed by atoms with van der Waals surface area (Å²) in [6.45, 7) is 6.45. The van der Waals surface area contributed by atoms with E-state index >= 15 is 0 Å². The molecule has 0 aliphatic heterocycles. The minimum absolute atomic E-state index is 0.0842. The Labute approximate surface area is 95.6 Å². The molecule has 0 amide bonds. The van der Waals surface area contributed by atoms with Gasteiger partial charge >= 0.3 is 0 Å². The molecule has 3 heteroatoms. The van der Waals surface area contributed by atoms with Gasteiger partial charge in [0.05, 0.1) is 11.9 Å². The summed E-state index contributed by atoms with van der Waals surface area (Å²) >= 11 is 0. The zero-order valence-corrected chi connectivity index (χ0v) is 9.81. The second-order valence-corrected chi connectivity index (χ2v) is 4.77. The van der Waals surface area contributed by atoms with E-state index in [0.717, 1.165) is 17.0 Å². The molecule has 82 valence electrons. The molecule has 0 spiro atoms. The first-order valence-corrected chi connectivity index (χ1v) is 5.30. The third-order valence-electron chi connectivity index (χ3n) is 2.39. The standard InChI is InChI=1S/C13H15N3/c1-13(2,3)12-5-4-10(8-16-12)11-9-14-6-7-15-11/h4-9H,1-3H3. The average Bonchev–Trinajstić information content (AvgIpc) is 2.29. The van der Waals surface area contributed by atoms with Crippen LogP contribution in [-0.4, -0.2) is 15.0 Å². The van der Waals surface area contributed by atoms with E-state index in [4.69, 9.17) is 0 Å². The van der Waals surface area contributed by atoms with Gasteiger partial charge in [-0.1, -0.05) is 20.8 Å². The highest BCUT2D eigenvalue weighted by atomic mass is 14.8. The highest BCUT2D eigenvalue weighted by Crippen LogP contribution is 2.22. The van der Waals surface area contributed by atoms with Gasteiger partial charge in [0.1, 0.15) is 0 Å². The Bertz CT molecular complexity index is 455. The Hall–Kier alpha value is -1.77. The van der Waals surface area contributed by atoms with Crippen molar-refractivity contribution in [2.75, 3.05) is 0 Å². The van der Waals surface area contributed by atoms with Crippen molar-refractivity contribution in [2.24, 2.45) is 0 Å². The maximum atomic E-state index is 4.46. The van der Waals surface area contributed by atoms with Crippen LogP contribution in [0.1, 0.15) is 26.5 Å². The molecule has 0 N–H and O–H groups in total. The maximum absolute atomic E-state index is 4.46. The molecule has 0 aromatic carbocycles. The van der Waals surface area contributed by atoms with Gasteiger partial charge in [0.15, 0.2) is 0 Å². The van der Waals surface area contributed by atoms with Crippen LogP contribution in [0.2, 0.25) is 0 Å². The summed E-state index contributed by atoms with van der Waals surface area (Å²) in [7, 11) is 0. The Balaban J connectivity index is 2.34. The number of nitrogens with zero attached hydrogens (tertiary/aromatic N) is 3. The Morgan fingerprint density at radius 1 is 0.938 bits per heavy atom. The molecule has 0 atom stereocenters. The Kier molecular flexibility index (Phi) is 2.69. The van der Waals surface area contributed by atoms with Crippen molar-refractivity contribution in [3.63, 3.8) is 0 Å². The molecule has 0 saturated heterocycles. The molecule has 0 saturated carbocycles. The van der Waals surface area contributed by atoms with Crippen LogP contribution >= 0.6 is 0 Å². The first kappa shape index (κ1) is 10.7. The first-order chi connectivity index (χ1) is 7.57. The maximum Gasteiger partial charge on any atom is 0.0900 e. The highest BCUT2D eigenvalue weighted by Gasteiger charge is 2.14. The smallest absolute Gasteiger partial charge is 0.0900 e. The summed E-state index contributed by atoms with van der Waals surface area (Å²) in [5.74, 6) is 0. The summed E-state index contributed by atoms with van der Waals surface area (Å²) in [5.41, 5.74) is 3.03. The van der Waals surface area contributed by atoms with E-state index in [-0.39, 0.29) is 5.41 Å². The van der Waals surface area contributed by atoms with E-state index in [9.17, 15) is 0 Å². The predicted octanol–water partition coefficient (Wildman–Crippen LogP) is 2.84. The van der Waals surface area contributed by atoms with E-state index < -0.39 is 0 Å². The van der Waals surface area contributed by atoms with Gasteiger partial charge in [-0.05, 0) is 12.1 Å². The molecule has 0 fully saturated rings. The average molecular weight is 213 g/mol. The second-order valence-electron chi connectivity index (χ2n) is 4.77. The molecular weight excluding hydrogens is 198 g/mol. The topological polar surface area (TPSA) is 38.7 Å².